The van der Waals surface area contributed by atoms with E-state index in [4.69, 9.17) is 0 Å². The Hall–Kier alpha value is -3.09. The van der Waals surface area contributed by atoms with Crippen molar-refractivity contribution in [1.82, 2.24) is 9.97 Å². The monoisotopic (exact) mass is 442 g/mol. The van der Waals surface area contributed by atoms with Crippen LogP contribution < -0.4 is 10.6 Å². The summed E-state index contributed by atoms with van der Waals surface area (Å²) >= 11 is 0. The minimum absolute atomic E-state index is 0.0930. The Bertz CT molecular complexity index is 1030. The number of nitrogens with zero attached hydrogens (tertiary/aromatic N) is 2. The lowest BCUT2D eigenvalue weighted by Gasteiger charge is -2.16. The SMILES string of the molecule is CC(C)Cc1ccc(Nc2ncc(C(F)(F)F)c(Nc3cccc(CC(C)C)c3)n2)cc1. The second-order valence-corrected chi connectivity index (χ2v) is 8.80. The second-order valence-electron chi connectivity index (χ2n) is 8.80. The molecule has 170 valence electrons. The number of alkyl halides is 3. The van der Waals surface area contributed by atoms with Gasteiger partial charge < -0.3 is 10.6 Å². The van der Waals surface area contributed by atoms with Crippen LogP contribution in [-0.2, 0) is 19.0 Å². The molecule has 0 saturated carbocycles. The Morgan fingerprint density at radius 2 is 1.47 bits per heavy atom. The number of benzene rings is 2. The standard InChI is InChI=1S/C25H29F3N4/c1-16(2)12-18-8-10-20(11-9-18)31-24-29-15-22(25(26,27)28)23(32-24)30-21-7-5-6-19(14-21)13-17(3)4/h5-11,14-17H,12-13H2,1-4H3,(H2,29,30,31,32). The molecular weight excluding hydrogens is 413 g/mol. The van der Waals surface area contributed by atoms with Crippen LogP contribution in [0.4, 0.5) is 36.3 Å². The molecule has 0 aliphatic rings. The third kappa shape index (κ3) is 6.70. The molecular formula is C25H29F3N4. The van der Waals surface area contributed by atoms with Crippen molar-refractivity contribution in [3.05, 3.63) is 71.4 Å². The van der Waals surface area contributed by atoms with E-state index in [1.165, 1.54) is 5.56 Å². The lowest BCUT2D eigenvalue weighted by atomic mass is 10.0. The molecule has 3 rings (SSSR count). The second kappa shape index (κ2) is 10.0. The lowest BCUT2D eigenvalue weighted by molar-refractivity contribution is -0.137. The minimum Gasteiger partial charge on any atom is -0.340 e. The number of hydrogen-bond donors (Lipinski definition) is 2. The summed E-state index contributed by atoms with van der Waals surface area (Å²) in [6.07, 6.45) is -1.97. The number of hydrogen-bond acceptors (Lipinski definition) is 4. The van der Waals surface area contributed by atoms with Gasteiger partial charge in [0.1, 0.15) is 11.4 Å². The molecule has 0 amide bonds. The van der Waals surface area contributed by atoms with Crippen LogP contribution in [0, 0.1) is 11.8 Å². The average Bonchev–Trinajstić information content (AvgIpc) is 2.68. The summed E-state index contributed by atoms with van der Waals surface area (Å²) in [5.74, 6) is 0.793. The maximum Gasteiger partial charge on any atom is 0.421 e. The van der Waals surface area contributed by atoms with Crippen LogP contribution in [0.3, 0.4) is 0 Å². The zero-order valence-corrected chi connectivity index (χ0v) is 18.8. The molecule has 2 aromatic carbocycles. The molecule has 0 fully saturated rings. The van der Waals surface area contributed by atoms with Crippen LogP contribution in [0.5, 0.6) is 0 Å². The predicted octanol–water partition coefficient (Wildman–Crippen LogP) is 7.38. The molecule has 0 aliphatic heterocycles. The van der Waals surface area contributed by atoms with Crippen molar-refractivity contribution >= 4 is 23.1 Å². The van der Waals surface area contributed by atoms with Crippen LogP contribution in [-0.4, -0.2) is 9.97 Å². The van der Waals surface area contributed by atoms with Gasteiger partial charge in [-0.3, -0.25) is 0 Å². The van der Waals surface area contributed by atoms with Gasteiger partial charge in [-0.15, -0.1) is 0 Å². The Morgan fingerprint density at radius 3 is 2.09 bits per heavy atom. The zero-order chi connectivity index (χ0) is 23.3. The van der Waals surface area contributed by atoms with E-state index in [1.54, 1.807) is 6.07 Å². The van der Waals surface area contributed by atoms with Crippen LogP contribution in [0.25, 0.3) is 0 Å². The molecule has 32 heavy (non-hydrogen) atoms. The predicted molar refractivity (Wildman–Crippen MR) is 124 cm³/mol. The van der Waals surface area contributed by atoms with Gasteiger partial charge in [0.2, 0.25) is 5.95 Å². The molecule has 1 aromatic heterocycles. The Balaban J connectivity index is 1.85. The summed E-state index contributed by atoms with van der Waals surface area (Å²) in [5.41, 5.74) is 2.60. The van der Waals surface area contributed by atoms with Crippen molar-refractivity contribution < 1.29 is 13.2 Å². The van der Waals surface area contributed by atoms with Gasteiger partial charge in [0.05, 0.1) is 0 Å². The first-order valence-electron chi connectivity index (χ1n) is 10.8. The Kier molecular flexibility index (Phi) is 7.38. The van der Waals surface area contributed by atoms with Crippen LogP contribution in [0.2, 0.25) is 0 Å². The van der Waals surface area contributed by atoms with Gasteiger partial charge in [0, 0.05) is 17.6 Å². The molecule has 0 saturated heterocycles. The van der Waals surface area contributed by atoms with Gasteiger partial charge in [-0.05, 0) is 60.1 Å². The van der Waals surface area contributed by atoms with E-state index in [2.05, 4.69) is 48.3 Å². The molecule has 0 spiro atoms. The van der Waals surface area contributed by atoms with E-state index < -0.39 is 11.7 Å². The molecule has 0 atom stereocenters. The minimum atomic E-state index is -4.57. The molecule has 3 aromatic rings. The van der Waals surface area contributed by atoms with E-state index in [0.29, 0.717) is 23.2 Å². The highest BCUT2D eigenvalue weighted by atomic mass is 19.4. The third-order valence-electron chi connectivity index (χ3n) is 4.78. The molecule has 0 bridgehead atoms. The highest BCUT2D eigenvalue weighted by Crippen LogP contribution is 2.35. The molecule has 0 unspecified atom stereocenters. The summed E-state index contributed by atoms with van der Waals surface area (Å²) < 4.78 is 40.7. The van der Waals surface area contributed by atoms with E-state index in [0.717, 1.165) is 24.6 Å². The summed E-state index contributed by atoms with van der Waals surface area (Å²) in [6, 6.07) is 15.1. The summed E-state index contributed by atoms with van der Waals surface area (Å²) in [4.78, 5) is 8.03. The van der Waals surface area contributed by atoms with E-state index >= 15 is 0 Å². The van der Waals surface area contributed by atoms with Crippen LogP contribution in [0.15, 0.2) is 54.7 Å². The summed E-state index contributed by atoms with van der Waals surface area (Å²) in [6.45, 7) is 8.49. The fourth-order valence-corrected chi connectivity index (χ4v) is 3.45. The molecule has 0 radical (unpaired) electrons. The number of aromatic nitrogens is 2. The first-order chi connectivity index (χ1) is 15.1. The first-order valence-corrected chi connectivity index (χ1v) is 10.8. The lowest BCUT2D eigenvalue weighted by Crippen LogP contribution is -2.12. The number of anilines is 4. The van der Waals surface area contributed by atoms with Crippen LogP contribution in [0.1, 0.15) is 44.4 Å². The quantitative estimate of drug-likeness (QED) is 0.382. The fourth-order valence-electron chi connectivity index (χ4n) is 3.45. The van der Waals surface area contributed by atoms with Gasteiger partial charge in [0.25, 0.3) is 0 Å². The molecule has 4 nitrogen and oxygen atoms in total. The van der Waals surface area contributed by atoms with Crippen molar-refractivity contribution in [3.63, 3.8) is 0 Å². The number of halogens is 3. The van der Waals surface area contributed by atoms with Crippen molar-refractivity contribution in [2.24, 2.45) is 11.8 Å². The summed E-state index contributed by atoms with van der Waals surface area (Å²) in [7, 11) is 0. The maximum atomic E-state index is 13.6. The van der Waals surface area contributed by atoms with Crippen molar-refractivity contribution in [2.75, 3.05) is 10.6 Å². The zero-order valence-electron chi connectivity index (χ0n) is 18.8. The fraction of sp³-hybridized carbons (Fsp3) is 0.360. The van der Waals surface area contributed by atoms with Gasteiger partial charge in [0.15, 0.2) is 0 Å². The molecule has 0 aliphatic carbocycles. The highest BCUT2D eigenvalue weighted by Gasteiger charge is 2.35. The van der Waals surface area contributed by atoms with Gasteiger partial charge >= 0.3 is 6.18 Å². The number of nitrogens with one attached hydrogen (secondary N) is 2. The number of rotatable bonds is 8. The largest absolute Gasteiger partial charge is 0.421 e. The van der Waals surface area contributed by atoms with Crippen LogP contribution >= 0.6 is 0 Å². The topological polar surface area (TPSA) is 49.8 Å². The van der Waals surface area contributed by atoms with E-state index in [-0.39, 0.29) is 11.8 Å². The van der Waals surface area contributed by atoms with Crippen molar-refractivity contribution in [2.45, 2.75) is 46.7 Å². The maximum absolute atomic E-state index is 13.6. The Labute approximate surface area is 187 Å². The van der Waals surface area contributed by atoms with Crippen molar-refractivity contribution in [1.29, 1.82) is 0 Å². The normalized spacial score (nSPS) is 11.8. The van der Waals surface area contributed by atoms with E-state index in [1.807, 2.05) is 42.5 Å². The highest BCUT2D eigenvalue weighted by molar-refractivity contribution is 5.63. The van der Waals surface area contributed by atoms with Crippen molar-refractivity contribution in [3.8, 4) is 0 Å². The Morgan fingerprint density at radius 1 is 0.812 bits per heavy atom. The first kappa shape index (κ1) is 23.6. The van der Waals surface area contributed by atoms with Gasteiger partial charge in [-0.1, -0.05) is 52.0 Å². The smallest absolute Gasteiger partial charge is 0.340 e. The van der Waals surface area contributed by atoms with E-state index in [9.17, 15) is 13.2 Å². The molecule has 7 heteroatoms. The molecule has 2 N–H and O–H groups in total. The third-order valence-corrected chi connectivity index (χ3v) is 4.78. The van der Waals surface area contributed by atoms with Gasteiger partial charge in [-0.25, -0.2) is 4.98 Å². The molecule has 1 heterocycles. The summed E-state index contributed by atoms with van der Waals surface area (Å²) in [5, 5.41) is 5.84. The average molecular weight is 443 g/mol. The van der Waals surface area contributed by atoms with Gasteiger partial charge in [-0.2, -0.15) is 18.2 Å².